The highest BCUT2D eigenvalue weighted by Crippen LogP contribution is 2.17. The fraction of sp³-hybridized carbons (Fsp3) is 0.936. The summed E-state index contributed by atoms with van der Waals surface area (Å²) in [6.45, 7) is 4.19. The molecule has 0 saturated heterocycles. The molecule has 1 amide bonds. The lowest BCUT2D eigenvalue weighted by atomic mass is 10.0. The summed E-state index contributed by atoms with van der Waals surface area (Å²) < 4.78 is 0. The Labute approximate surface area is 325 Å². The molecule has 0 aromatic heterocycles. The largest absolute Gasteiger partial charge is 0.394 e. The molecule has 5 heteroatoms. The molecule has 0 aliphatic rings. The Hall–Kier alpha value is -0.910. The second-order valence-corrected chi connectivity index (χ2v) is 16.3. The van der Waals surface area contributed by atoms with Gasteiger partial charge in [0.2, 0.25) is 5.91 Å². The van der Waals surface area contributed by atoms with E-state index in [1.165, 1.54) is 193 Å². The van der Waals surface area contributed by atoms with Crippen molar-refractivity contribution in [1.29, 1.82) is 0 Å². The van der Waals surface area contributed by atoms with E-state index in [1.54, 1.807) is 0 Å². The summed E-state index contributed by atoms with van der Waals surface area (Å²) in [6.07, 6.45) is 50.4. The van der Waals surface area contributed by atoms with Gasteiger partial charge in [-0.25, -0.2) is 0 Å². The number of unbranched alkanes of at least 4 members (excludes halogenated alkanes) is 33. The standard InChI is InChI=1S/C47H93NO4/c1-3-5-7-9-11-13-15-17-19-21-23-25-27-29-31-33-35-37-39-41-45(50)47(52)44(43-49)48-46(51)42-40-38-36-34-32-30-28-26-24-22-20-18-16-14-12-10-8-6-4-2/h33,35,44-45,47,49-50,52H,3-32,34,36-43H2,1-2H3,(H,48,51)/b35-33+. The van der Waals surface area contributed by atoms with Crippen LogP contribution in [-0.4, -0.2) is 46.1 Å². The number of nitrogens with one attached hydrogen (secondary N) is 1. The summed E-state index contributed by atoms with van der Waals surface area (Å²) in [4.78, 5) is 12.4. The highest BCUT2D eigenvalue weighted by Gasteiger charge is 2.26. The van der Waals surface area contributed by atoms with E-state index in [9.17, 15) is 20.1 Å². The predicted molar refractivity (Wildman–Crippen MR) is 227 cm³/mol. The molecule has 310 valence electrons. The van der Waals surface area contributed by atoms with Crippen LogP contribution in [0.2, 0.25) is 0 Å². The number of carbonyl (C=O) groups excluding carboxylic acids is 1. The second kappa shape index (κ2) is 42.8. The van der Waals surface area contributed by atoms with Gasteiger partial charge in [-0.15, -0.1) is 0 Å². The van der Waals surface area contributed by atoms with E-state index in [0.717, 1.165) is 38.5 Å². The first-order valence-electron chi connectivity index (χ1n) is 23.5. The Morgan fingerprint density at radius 2 is 0.769 bits per heavy atom. The molecule has 0 aliphatic carbocycles. The molecule has 4 N–H and O–H groups in total. The fourth-order valence-electron chi connectivity index (χ4n) is 7.46. The van der Waals surface area contributed by atoms with E-state index >= 15 is 0 Å². The first-order valence-corrected chi connectivity index (χ1v) is 23.5. The van der Waals surface area contributed by atoms with Gasteiger partial charge in [-0.2, -0.15) is 0 Å². The molecule has 0 radical (unpaired) electrons. The lowest BCUT2D eigenvalue weighted by molar-refractivity contribution is -0.124. The van der Waals surface area contributed by atoms with Crippen molar-refractivity contribution in [3.63, 3.8) is 0 Å². The minimum Gasteiger partial charge on any atom is -0.394 e. The molecule has 3 atom stereocenters. The Morgan fingerprint density at radius 3 is 1.12 bits per heavy atom. The van der Waals surface area contributed by atoms with E-state index in [-0.39, 0.29) is 12.5 Å². The van der Waals surface area contributed by atoms with E-state index in [2.05, 4.69) is 31.3 Å². The van der Waals surface area contributed by atoms with Gasteiger partial charge >= 0.3 is 0 Å². The third-order valence-electron chi connectivity index (χ3n) is 11.1. The molecule has 0 rings (SSSR count). The quantitative estimate of drug-likeness (QED) is 0.0371. The molecule has 0 heterocycles. The van der Waals surface area contributed by atoms with Crippen LogP contribution in [-0.2, 0) is 4.79 Å². The first-order chi connectivity index (χ1) is 25.6. The maximum absolute atomic E-state index is 12.4. The molecule has 0 fully saturated rings. The Balaban J connectivity index is 3.61. The average Bonchev–Trinajstić information content (AvgIpc) is 3.15. The van der Waals surface area contributed by atoms with E-state index in [4.69, 9.17) is 0 Å². The van der Waals surface area contributed by atoms with Gasteiger partial charge in [0.1, 0.15) is 6.10 Å². The fourth-order valence-corrected chi connectivity index (χ4v) is 7.46. The van der Waals surface area contributed by atoms with Crippen LogP contribution in [0, 0.1) is 0 Å². The van der Waals surface area contributed by atoms with Gasteiger partial charge in [0.05, 0.1) is 18.8 Å². The number of aliphatic hydroxyl groups is 3. The van der Waals surface area contributed by atoms with Crippen LogP contribution in [0.5, 0.6) is 0 Å². The molecule has 0 bridgehead atoms. The minimum atomic E-state index is -1.15. The summed E-state index contributed by atoms with van der Waals surface area (Å²) in [5.41, 5.74) is 0. The summed E-state index contributed by atoms with van der Waals surface area (Å²) in [7, 11) is 0. The molecule has 0 aliphatic heterocycles. The number of hydrogen-bond donors (Lipinski definition) is 4. The van der Waals surface area contributed by atoms with Crippen molar-refractivity contribution in [2.24, 2.45) is 0 Å². The van der Waals surface area contributed by atoms with Crippen LogP contribution in [0.15, 0.2) is 12.2 Å². The van der Waals surface area contributed by atoms with Crippen LogP contribution >= 0.6 is 0 Å². The van der Waals surface area contributed by atoms with Crippen molar-refractivity contribution in [3.8, 4) is 0 Å². The zero-order chi connectivity index (χ0) is 38.0. The number of hydrogen-bond acceptors (Lipinski definition) is 4. The molecule has 3 unspecified atom stereocenters. The molecule has 52 heavy (non-hydrogen) atoms. The molecule has 0 aromatic carbocycles. The lowest BCUT2D eigenvalue weighted by Crippen LogP contribution is -2.50. The number of allylic oxidation sites excluding steroid dienone is 2. The lowest BCUT2D eigenvalue weighted by Gasteiger charge is -2.26. The number of amides is 1. The van der Waals surface area contributed by atoms with E-state index in [0.29, 0.717) is 12.8 Å². The van der Waals surface area contributed by atoms with Crippen molar-refractivity contribution in [2.45, 2.75) is 276 Å². The van der Waals surface area contributed by atoms with Gasteiger partial charge in [0.15, 0.2) is 0 Å². The van der Waals surface area contributed by atoms with Crippen molar-refractivity contribution in [2.75, 3.05) is 6.61 Å². The third kappa shape index (κ3) is 37.4. The van der Waals surface area contributed by atoms with Crippen molar-refractivity contribution < 1.29 is 20.1 Å². The smallest absolute Gasteiger partial charge is 0.220 e. The van der Waals surface area contributed by atoms with Gasteiger partial charge in [0, 0.05) is 6.42 Å². The Bertz CT molecular complexity index is 728. The summed E-state index contributed by atoms with van der Waals surface area (Å²) in [5.74, 6) is -0.149. The normalized spacial score (nSPS) is 13.6. The molecular formula is C47H93NO4. The third-order valence-corrected chi connectivity index (χ3v) is 11.1. The van der Waals surface area contributed by atoms with Crippen LogP contribution in [0.4, 0.5) is 0 Å². The van der Waals surface area contributed by atoms with Gasteiger partial charge in [0.25, 0.3) is 0 Å². The SMILES string of the molecule is CCCCCCCCCCCCCCCC/C=C/CCCC(O)C(O)C(CO)NC(=O)CCCCCCCCCCCCCCCCCCCCC. The number of carbonyl (C=O) groups is 1. The molecule has 0 spiro atoms. The highest BCUT2D eigenvalue weighted by atomic mass is 16.3. The van der Waals surface area contributed by atoms with Crippen molar-refractivity contribution in [3.05, 3.63) is 12.2 Å². The first kappa shape index (κ1) is 51.1. The Kier molecular flexibility index (Phi) is 42.1. The zero-order valence-electron chi connectivity index (χ0n) is 35.2. The molecule has 5 nitrogen and oxygen atoms in total. The number of rotatable bonds is 43. The maximum Gasteiger partial charge on any atom is 0.220 e. The number of aliphatic hydroxyl groups excluding tert-OH is 3. The second-order valence-electron chi connectivity index (χ2n) is 16.3. The van der Waals surface area contributed by atoms with E-state index in [1.807, 2.05) is 0 Å². The topological polar surface area (TPSA) is 89.8 Å². The van der Waals surface area contributed by atoms with E-state index < -0.39 is 18.2 Å². The molecule has 0 saturated carbocycles. The monoisotopic (exact) mass is 736 g/mol. The molecule has 0 aromatic rings. The van der Waals surface area contributed by atoms with Crippen LogP contribution in [0.25, 0.3) is 0 Å². The van der Waals surface area contributed by atoms with Gasteiger partial charge in [-0.05, 0) is 38.5 Å². The van der Waals surface area contributed by atoms with Gasteiger partial charge < -0.3 is 20.6 Å². The minimum absolute atomic E-state index is 0.149. The predicted octanol–water partition coefficient (Wildman–Crippen LogP) is 13.6. The summed E-state index contributed by atoms with van der Waals surface area (Å²) in [6, 6.07) is -0.821. The molecular weight excluding hydrogens is 643 g/mol. The van der Waals surface area contributed by atoms with Crippen LogP contribution in [0.1, 0.15) is 258 Å². The highest BCUT2D eigenvalue weighted by molar-refractivity contribution is 5.76. The maximum atomic E-state index is 12.4. The van der Waals surface area contributed by atoms with Crippen LogP contribution in [0.3, 0.4) is 0 Å². The summed E-state index contributed by atoms with van der Waals surface area (Å²) >= 11 is 0. The average molecular weight is 736 g/mol. The van der Waals surface area contributed by atoms with Gasteiger partial charge in [-0.1, -0.05) is 225 Å². The van der Waals surface area contributed by atoms with Crippen molar-refractivity contribution in [1.82, 2.24) is 5.32 Å². The van der Waals surface area contributed by atoms with Gasteiger partial charge in [-0.3, -0.25) is 4.79 Å². The summed E-state index contributed by atoms with van der Waals surface area (Å²) in [5, 5.41) is 33.6. The zero-order valence-corrected chi connectivity index (χ0v) is 35.2. The van der Waals surface area contributed by atoms with Crippen molar-refractivity contribution >= 4 is 5.91 Å². The Morgan fingerprint density at radius 1 is 0.462 bits per heavy atom. The van der Waals surface area contributed by atoms with Crippen LogP contribution < -0.4 is 5.32 Å².